The molecule has 2 unspecified atom stereocenters. The number of benzene rings is 3. The molecule has 0 bridgehead atoms. The normalized spacial score (nSPS) is 20.2. The van der Waals surface area contributed by atoms with Gasteiger partial charge in [0.15, 0.2) is 0 Å². The second kappa shape index (κ2) is 8.28. The minimum atomic E-state index is -0.932. The molecule has 0 saturated carbocycles. The van der Waals surface area contributed by atoms with E-state index < -0.39 is 16.8 Å². The number of para-hydroxylation sites is 1. The number of halogens is 1. The molecule has 0 spiro atoms. The van der Waals surface area contributed by atoms with E-state index in [2.05, 4.69) is 10.6 Å². The first-order valence-corrected chi connectivity index (χ1v) is 10.2. The Hall–Kier alpha value is -3.57. The molecule has 0 fully saturated rings. The van der Waals surface area contributed by atoms with Crippen molar-refractivity contribution in [2.45, 2.75) is 17.8 Å². The summed E-state index contributed by atoms with van der Waals surface area (Å²) in [5.74, 6) is -0.901. The molecule has 31 heavy (non-hydrogen) atoms. The van der Waals surface area contributed by atoms with Crippen LogP contribution in [0.5, 0.6) is 5.75 Å². The molecule has 0 heterocycles. The van der Waals surface area contributed by atoms with Gasteiger partial charge in [-0.05, 0) is 48.0 Å². The summed E-state index contributed by atoms with van der Waals surface area (Å²) in [4.78, 5) is 24.7. The zero-order chi connectivity index (χ0) is 22.0. The average Bonchev–Trinajstić information content (AvgIpc) is 2.75. The Morgan fingerprint density at radius 1 is 0.968 bits per heavy atom. The predicted molar refractivity (Wildman–Crippen MR) is 123 cm³/mol. The second-order valence-corrected chi connectivity index (χ2v) is 8.41. The van der Waals surface area contributed by atoms with Crippen molar-refractivity contribution >= 4 is 39.9 Å². The number of phenolic OH excluding ortho intramolecular Hbond substituents is 1. The number of carbonyl (C=O) groups excluding carboxylic acids is 2. The van der Waals surface area contributed by atoms with Gasteiger partial charge in [-0.1, -0.05) is 54.6 Å². The molecular formula is C25H21ClN2O3. The molecule has 6 heteroatoms. The molecule has 3 aromatic rings. The summed E-state index contributed by atoms with van der Waals surface area (Å²) in [7, 11) is 0. The third-order valence-corrected chi connectivity index (χ3v) is 5.59. The first-order valence-electron chi connectivity index (χ1n) is 9.82. The van der Waals surface area contributed by atoms with Gasteiger partial charge in [0.2, 0.25) is 0 Å². The maximum absolute atomic E-state index is 12.9. The van der Waals surface area contributed by atoms with Gasteiger partial charge in [0.05, 0.1) is 16.5 Å². The lowest BCUT2D eigenvalue weighted by Crippen LogP contribution is -2.47. The van der Waals surface area contributed by atoms with E-state index in [1.165, 1.54) is 0 Å². The van der Waals surface area contributed by atoms with E-state index in [4.69, 9.17) is 11.6 Å². The number of rotatable bonds is 4. The lowest BCUT2D eigenvalue weighted by Gasteiger charge is -2.31. The van der Waals surface area contributed by atoms with E-state index in [0.717, 1.165) is 10.8 Å². The molecule has 0 saturated heterocycles. The summed E-state index contributed by atoms with van der Waals surface area (Å²) in [6, 6.07) is 19.1. The average molecular weight is 433 g/mol. The maximum atomic E-state index is 12.9. The van der Waals surface area contributed by atoms with Gasteiger partial charge in [-0.2, -0.15) is 0 Å². The number of phenols is 1. The van der Waals surface area contributed by atoms with Crippen molar-refractivity contribution in [1.82, 2.24) is 5.32 Å². The SMILES string of the molecule is CC1(Cl)C=CC(C(=O)Nc2ccccc2)=CC1NC(=O)c1cc2ccccc2cc1O. The highest BCUT2D eigenvalue weighted by molar-refractivity contribution is 6.26. The number of alkyl halides is 1. The fraction of sp³-hybridized carbons (Fsp3) is 0.120. The van der Waals surface area contributed by atoms with E-state index in [1.807, 2.05) is 42.5 Å². The predicted octanol–water partition coefficient (Wildman–Crippen LogP) is 4.78. The first kappa shape index (κ1) is 20.7. The molecule has 3 N–H and O–H groups in total. The van der Waals surface area contributed by atoms with Crippen LogP contribution in [0.2, 0.25) is 0 Å². The molecule has 4 rings (SSSR count). The van der Waals surface area contributed by atoms with Gasteiger partial charge in [0.1, 0.15) is 5.75 Å². The highest BCUT2D eigenvalue weighted by Crippen LogP contribution is 2.30. The van der Waals surface area contributed by atoms with Crippen LogP contribution < -0.4 is 10.6 Å². The fourth-order valence-electron chi connectivity index (χ4n) is 3.44. The summed E-state index contributed by atoms with van der Waals surface area (Å²) < 4.78 is 0. The largest absolute Gasteiger partial charge is 0.507 e. The standard InChI is InChI=1S/C25H21ClN2O3/c1-25(26)12-11-18(23(30)27-19-9-3-2-4-10-19)15-22(25)28-24(31)20-13-16-7-5-6-8-17(16)14-21(20)29/h2-15,22,29H,1H3,(H,27,30)(H,28,31). The smallest absolute Gasteiger partial charge is 0.255 e. The number of hydrogen-bond acceptors (Lipinski definition) is 3. The monoisotopic (exact) mass is 432 g/mol. The van der Waals surface area contributed by atoms with Gasteiger partial charge in [-0.3, -0.25) is 9.59 Å². The lowest BCUT2D eigenvalue weighted by atomic mass is 9.91. The van der Waals surface area contributed by atoms with Gasteiger partial charge in [0, 0.05) is 11.3 Å². The summed E-state index contributed by atoms with van der Waals surface area (Å²) >= 11 is 6.59. The Morgan fingerprint density at radius 3 is 2.32 bits per heavy atom. The number of carbonyl (C=O) groups is 2. The minimum absolute atomic E-state index is 0.121. The van der Waals surface area contributed by atoms with Crippen LogP contribution in [0, 0.1) is 0 Å². The van der Waals surface area contributed by atoms with Gasteiger partial charge in [0.25, 0.3) is 11.8 Å². The van der Waals surface area contributed by atoms with Gasteiger partial charge >= 0.3 is 0 Å². The summed E-state index contributed by atoms with van der Waals surface area (Å²) in [6.45, 7) is 1.75. The molecule has 5 nitrogen and oxygen atoms in total. The molecular weight excluding hydrogens is 412 g/mol. The van der Waals surface area contributed by atoms with Crippen molar-refractivity contribution in [3.8, 4) is 5.75 Å². The summed E-state index contributed by atoms with van der Waals surface area (Å²) in [5.41, 5.74) is 1.20. The zero-order valence-corrected chi connectivity index (χ0v) is 17.6. The van der Waals surface area contributed by atoms with Gasteiger partial charge < -0.3 is 15.7 Å². The van der Waals surface area contributed by atoms with E-state index in [-0.39, 0.29) is 17.2 Å². The first-order chi connectivity index (χ1) is 14.8. The Morgan fingerprint density at radius 2 is 1.61 bits per heavy atom. The van der Waals surface area contributed by atoms with Gasteiger partial charge in [-0.25, -0.2) is 0 Å². The lowest BCUT2D eigenvalue weighted by molar-refractivity contribution is -0.112. The molecule has 1 aliphatic carbocycles. The molecule has 0 radical (unpaired) electrons. The number of hydrogen-bond donors (Lipinski definition) is 3. The summed E-state index contributed by atoms with van der Waals surface area (Å²) in [5, 5.41) is 17.7. The van der Waals surface area contributed by atoms with Crippen LogP contribution >= 0.6 is 11.6 Å². The zero-order valence-electron chi connectivity index (χ0n) is 16.8. The highest BCUT2D eigenvalue weighted by Gasteiger charge is 2.34. The van der Waals surface area contributed by atoms with E-state index in [9.17, 15) is 14.7 Å². The van der Waals surface area contributed by atoms with Crippen molar-refractivity contribution < 1.29 is 14.7 Å². The van der Waals surface area contributed by atoms with Crippen molar-refractivity contribution in [1.29, 1.82) is 0 Å². The third-order valence-electron chi connectivity index (χ3n) is 5.23. The Bertz CT molecular complexity index is 1220. The Kier molecular flexibility index (Phi) is 5.53. The van der Waals surface area contributed by atoms with Crippen LogP contribution in [0.4, 0.5) is 5.69 Å². The van der Waals surface area contributed by atoms with Crippen LogP contribution in [0.25, 0.3) is 10.8 Å². The number of aromatic hydroxyl groups is 1. The third kappa shape index (κ3) is 4.47. The van der Waals surface area contributed by atoms with Crippen LogP contribution in [-0.4, -0.2) is 27.8 Å². The van der Waals surface area contributed by atoms with E-state index >= 15 is 0 Å². The minimum Gasteiger partial charge on any atom is -0.507 e. The molecule has 3 aromatic carbocycles. The van der Waals surface area contributed by atoms with Crippen molar-refractivity contribution in [2.75, 3.05) is 5.32 Å². The number of nitrogens with one attached hydrogen (secondary N) is 2. The van der Waals surface area contributed by atoms with E-state index in [0.29, 0.717) is 11.3 Å². The van der Waals surface area contributed by atoms with Crippen LogP contribution in [0.1, 0.15) is 17.3 Å². The molecule has 156 valence electrons. The Balaban J connectivity index is 1.57. The topological polar surface area (TPSA) is 78.4 Å². The van der Waals surface area contributed by atoms with Crippen molar-refractivity contribution in [3.63, 3.8) is 0 Å². The number of amides is 2. The highest BCUT2D eigenvalue weighted by atomic mass is 35.5. The quantitative estimate of drug-likeness (QED) is 0.519. The number of anilines is 1. The molecule has 1 aliphatic rings. The summed E-state index contributed by atoms with van der Waals surface area (Å²) in [6.07, 6.45) is 4.95. The van der Waals surface area contributed by atoms with Crippen LogP contribution in [-0.2, 0) is 4.79 Å². The van der Waals surface area contributed by atoms with Crippen LogP contribution in [0.3, 0.4) is 0 Å². The maximum Gasteiger partial charge on any atom is 0.255 e. The fourth-order valence-corrected chi connectivity index (χ4v) is 3.62. The molecule has 0 aromatic heterocycles. The van der Waals surface area contributed by atoms with E-state index in [1.54, 1.807) is 49.4 Å². The molecule has 0 aliphatic heterocycles. The van der Waals surface area contributed by atoms with Crippen molar-refractivity contribution in [2.24, 2.45) is 0 Å². The molecule has 2 amide bonds. The van der Waals surface area contributed by atoms with Crippen LogP contribution in [0.15, 0.2) is 90.5 Å². The van der Waals surface area contributed by atoms with Crippen molar-refractivity contribution in [3.05, 3.63) is 96.1 Å². The second-order valence-electron chi connectivity index (χ2n) is 7.59. The Labute approximate surface area is 185 Å². The molecule has 2 atom stereocenters. The number of fused-ring (bicyclic) bond motifs is 1. The van der Waals surface area contributed by atoms with Gasteiger partial charge in [-0.15, -0.1) is 11.6 Å².